The molecule has 1 heterocycles. The Kier molecular flexibility index (Phi) is 7.53. The standard InChI is InChI=1S/C20H18Cl2FN5O2S/c1-11(24-19(30)13-5-3-4-6-15(13)23)18-26-27-20(28(18)2)31-10-17(29)25-16-8-7-12(21)9-14(16)22/h3-9,11H,10H2,1-2H3,(H,24,30)(H,25,29)/t11-/m0/s1. The highest BCUT2D eigenvalue weighted by Crippen LogP contribution is 2.26. The second-order valence-corrected chi connectivity index (χ2v) is 8.32. The zero-order valence-corrected chi connectivity index (χ0v) is 18.9. The Bertz CT molecular complexity index is 1120. The van der Waals surface area contributed by atoms with Crippen LogP contribution in [0.1, 0.15) is 29.1 Å². The molecule has 0 aliphatic heterocycles. The van der Waals surface area contributed by atoms with Crippen molar-refractivity contribution in [3.05, 3.63) is 69.7 Å². The number of nitrogens with one attached hydrogen (secondary N) is 2. The third-order valence-electron chi connectivity index (χ3n) is 4.26. The maximum atomic E-state index is 13.8. The number of anilines is 1. The zero-order valence-electron chi connectivity index (χ0n) is 16.5. The molecule has 2 amide bonds. The van der Waals surface area contributed by atoms with Gasteiger partial charge in [-0.05, 0) is 37.3 Å². The van der Waals surface area contributed by atoms with Gasteiger partial charge in [0.15, 0.2) is 11.0 Å². The fraction of sp³-hybridized carbons (Fsp3) is 0.200. The van der Waals surface area contributed by atoms with E-state index >= 15 is 0 Å². The van der Waals surface area contributed by atoms with Crippen LogP contribution in [0.2, 0.25) is 10.0 Å². The number of rotatable bonds is 7. The van der Waals surface area contributed by atoms with Crippen molar-refractivity contribution in [2.45, 2.75) is 18.1 Å². The van der Waals surface area contributed by atoms with E-state index in [0.717, 1.165) is 0 Å². The fourth-order valence-corrected chi connectivity index (χ4v) is 3.89. The summed E-state index contributed by atoms with van der Waals surface area (Å²) in [6, 6.07) is 9.98. The molecule has 2 N–H and O–H groups in total. The number of halogens is 3. The van der Waals surface area contributed by atoms with Crippen molar-refractivity contribution >= 4 is 52.5 Å². The Hall–Kier alpha value is -2.62. The zero-order chi connectivity index (χ0) is 22.5. The number of nitrogens with zero attached hydrogens (tertiary/aromatic N) is 3. The number of carbonyl (C=O) groups excluding carboxylic acids is 2. The third-order valence-corrected chi connectivity index (χ3v) is 5.83. The highest BCUT2D eigenvalue weighted by Gasteiger charge is 2.20. The normalized spacial score (nSPS) is 11.8. The first-order valence-electron chi connectivity index (χ1n) is 9.08. The highest BCUT2D eigenvalue weighted by atomic mass is 35.5. The Morgan fingerprint density at radius 3 is 2.65 bits per heavy atom. The lowest BCUT2D eigenvalue weighted by atomic mass is 10.2. The summed E-state index contributed by atoms with van der Waals surface area (Å²) in [5.41, 5.74) is 0.406. The maximum Gasteiger partial charge on any atom is 0.254 e. The van der Waals surface area contributed by atoms with Crippen molar-refractivity contribution in [3.8, 4) is 0 Å². The molecule has 0 unspecified atom stereocenters. The van der Waals surface area contributed by atoms with Crippen molar-refractivity contribution in [2.24, 2.45) is 7.05 Å². The van der Waals surface area contributed by atoms with E-state index in [1.54, 1.807) is 36.7 Å². The quantitative estimate of drug-likeness (QED) is 0.485. The number of aromatic nitrogens is 3. The van der Waals surface area contributed by atoms with E-state index < -0.39 is 17.8 Å². The lowest BCUT2D eigenvalue weighted by Gasteiger charge is -2.14. The minimum Gasteiger partial charge on any atom is -0.342 e. The average molecular weight is 482 g/mol. The Labute approximate surface area is 192 Å². The lowest BCUT2D eigenvalue weighted by molar-refractivity contribution is -0.113. The van der Waals surface area contributed by atoms with Crippen LogP contribution in [0, 0.1) is 5.82 Å². The average Bonchev–Trinajstić information content (AvgIpc) is 3.09. The monoisotopic (exact) mass is 481 g/mol. The SMILES string of the molecule is C[C@H](NC(=O)c1ccccc1F)c1nnc(SCC(=O)Nc2ccc(Cl)cc2Cl)n1C. The van der Waals surface area contributed by atoms with E-state index in [2.05, 4.69) is 20.8 Å². The van der Waals surface area contributed by atoms with Crippen LogP contribution in [0.25, 0.3) is 0 Å². The van der Waals surface area contributed by atoms with Crippen molar-refractivity contribution in [1.82, 2.24) is 20.1 Å². The second kappa shape index (κ2) is 10.1. The molecule has 2 aromatic carbocycles. The molecule has 0 spiro atoms. The van der Waals surface area contributed by atoms with Crippen LogP contribution >= 0.6 is 35.0 Å². The van der Waals surface area contributed by atoms with Gasteiger partial charge in [0.2, 0.25) is 5.91 Å². The van der Waals surface area contributed by atoms with Crippen LogP contribution in [0.3, 0.4) is 0 Å². The van der Waals surface area contributed by atoms with E-state index in [4.69, 9.17) is 23.2 Å². The van der Waals surface area contributed by atoms with E-state index in [9.17, 15) is 14.0 Å². The molecule has 0 aliphatic rings. The summed E-state index contributed by atoms with van der Waals surface area (Å²) in [5.74, 6) is -0.899. The third kappa shape index (κ3) is 5.75. The number of benzene rings is 2. The molecule has 7 nitrogen and oxygen atoms in total. The van der Waals surface area contributed by atoms with Gasteiger partial charge in [-0.3, -0.25) is 9.59 Å². The van der Waals surface area contributed by atoms with Crippen molar-refractivity contribution in [3.63, 3.8) is 0 Å². The van der Waals surface area contributed by atoms with Gasteiger partial charge >= 0.3 is 0 Å². The summed E-state index contributed by atoms with van der Waals surface area (Å²) in [4.78, 5) is 24.6. The highest BCUT2D eigenvalue weighted by molar-refractivity contribution is 7.99. The van der Waals surface area contributed by atoms with E-state index in [0.29, 0.717) is 26.7 Å². The summed E-state index contributed by atoms with van der Waals surface area (Å²) in [7, 11) is 1.72. The molecule has 0 saturated heterocycles. The molecule has 0 saturated carbocycles. The van der Waals surface area contributed by atoms with Crippen LogP contribution < -0.4 is 10.6 Å². The number of hydrogen-bond donors (Lipinski definition) is 2. The molecule has 1 aromatic heterocycles. The van der Waals surface area contributed by atoms with Gasteiger partial charge in [0, 0.05) is 12.1 Å². The summed E-state index contributed by atoms with van der Waals surface area (Å²) in [5, 5.41) is 14.9. The predicted octanol–water partition coefficient (Wildman–Crippen LogP) is 4.48. The van der Waals surface area contributed by atoms with E-state index in [-0.39, 0.29) is 17.2 Å². The molecule has 0 radical (unpaired) electrons. The van der Waals surface area contributed by atoms with Crippen molar-refractivity contribution in [2.75, 3.05) is 11.1 Å². The molecule has 1 atom stereocenters. The first kappa shape index (κ1) is 23.1. The molecular formula is C20H18Cl2FN5O2S. The van der Waals surface area contributed by atoms with Crippen LogP contribution in [-0.4, -0.2) is 32.3 Å². The van der Waals surface area contributed by atoms with Crippen molar-refractivity contribution < 1.29 is 14.0 Å². The van der Waals surface area contributed by atoms with Gasteiger partial charge in [-0.15, -0.1) is 10.2 Å². The van der Waals surface area contributed by atoms with Crippen LogP contribution in [0.5, 0.6) is 0 Å². The Morgan fingerprint density at radius 1 is 1.19 bits per heavy atom. The first-order chi connectivity index (χ1) is 14.8. The number of amides is 2. The number of hydrogen-bond acceptors (Lipinski definition) is 5. The fourth-order valence-electron chi connectivity index (χ4n) is 2.72. The van der Waals surface area contributed by atoms with Gasteiger partial charge in [-0.25, -0.2) is 4.39 Å². The summed E-state index contributed by atoms with van der Waals surface area (Å²) in [6.07, 6.45) is 0. The van der Waals surface area contributed by atoms with E-state index in [1.807, 2.05) is 0 Å². The van der Waals surface area contributed by atoms with Crippen LogP contribution in [0.15, 0.2) is 47.6 Å². The van der Waals surface area contributed by atoms with Gasteiger partial charge in [-0.2, -0.15) is 0 Å². The van der Waals surface area contributed by atoms with Gasteiger partial charge in [0.05, 0.1) is 28.1 Å². The lowest BCUT2D eigenvalue weighted by Crippen LogP contribution is -2.29. The molecule has 3 rings (SSSR count). The topological polar surface area (TPSA) is 88.9 Å². The number of thioether (sulfide) groups is 1. The largest absolute Gasteiger partial charge is 0.342 e. The summed E-state index contributed by atoms with van der Waals surface area (Å²) >= 11 is 13.1. The van der Waals surface area contributed by atoms with Gasteiger partial charge in [0.25, 0.3) is 5.91 Å². The first-order valence-corrected chi connectivity index (χ1v) is 10.8. The molecule has 0 bridgehead atoms. The van der Waals surface area contributed by atoms with Crippen LogP contribution in [0.4, 0.5) is 10.1 Å². The van der Waals surface area contributed by atoms with Crippen molar-refractivity contribution in [1.29, 1.82) is 0 Å². The van der Waals surface area contributed by atoms with Gasteiger partial charge in [-0.1, -0.05) is 47.1 Å². The van der Waals surface area contributed by atoms with E-state index in [1.165, 1.54) is 36.0 Å². The van der Waals surface area contributed by atoms with Gasteiger partial charge in [0.1, 0.15) is 5.82 Å². The smallest absolute Gasteiger partial charge is 0.254 e. The molecule has 31 heavy (non-hydrogen) atoms. The second-order valence-electron chi connectivity index (χ2n) is 6.54. The molecule has 11 heteroatoms. The molecule has 3 aromatic rings. The van der Waals surface area contributed by atoms with Crippen LogP contribution in [-0.2, 0) is 11.8 Å². The summed E-state index contributed by atoms with van der Waals surface area (Å²) in [6.45, 7) is 1.71. The maximum absolute atomic E-state index is 13.8. The minimum absolute atomic E-state index is 0.0522. The predicted molar refractivity (Wildman–Crippen MR) is 119 cm³/mol. The Morgan fingerprint density at radius 2 is 1.94 bits per heavy atom. The molecular weight excluding hydrogens is 464 g/mol. The Balaban J connectivity index is 1.59. The number of carbonyl (C=O) groups is 2. The van der Waals surface area contributed by atoms with Gasteiger partial charge < -0.3 is 15.2 Å². The molecule has 0 fully saturated rings. The minimum atomic E-state index is -0.604. The molecule has 0 aliphatic carbocycles. The summed E-state index contributed by atoms with van der Waals surface area (Å²) < 4.78 is 15.5. The molecule has 162 valence electrons.